The molecule has 0 aliphatic carbocycles. The molecule has 0 spiro atoms. The van der Waals surface area contributed by atoms with Gasteiger partial charge in [-0.15, -0.1) is 0 Å². The molecule has 0 saturated carbocycles. The third kappa shape index (κ3) is 3.15. The van der Waals surface area contributed by atoms with E-state index in [1.165, 1.54) is 0 Å². The fourth-order valence-corrected chi connectivity index (χ4v) is 1.68. The summed E-state index contributed by atoms with van der Waals surface area (Å²) < 4.78 is 5.21. The van der Waals surface area contributed by atoms with Crippen molar-refractivity contribution in [2.24, 2.45) is 0 Å². The lowest BCUT2D eigenvalue weighted by Gasteiger charge is -2.07. The van der Waals surface area contributed by atoms with E-state index in [0.717, 1.165) is 11.1 Å². The third-order valence-corrected chi connectivity index (χ3v) is 2.97. The number of ether oxygens (including phenoxy) is 1. The van der Waals surface area contributed by atoms with Crippen LogP contribution in [0.3, 0.4) is 0 Å². The number of nitrogens with two attached hydrogens (primary N) is 1. The summed E-state index contributed by atoms with van der Waals surface area (Å²) in [7, 11) is 0. The second-order valence-electron chi connectivity index (χ2n) is 4.46. The van der Waals surface area contributed by atoms with E-state index in [1.54, 1.807) is 42.5 Å². The van der Waals surface area contributed by atoms with Crippen LogP contribution in [-0.4, -0.2) is 5.97 Å². The van der Waals surface area contributed by atoms with Gasteiger partial charge < -0.3 is 10.5 Å². The maximum absolute atomic E-state index is 11.9. The number of nitriles is 1. The van der Waals surface area contributed by atoms with E-state index in [-0.39, 0.29) is 6.61 Å². The molecule has 0 unspecified atom stereocenters. The summed E-state index contributed by atoms with van der Waals surface area (Å²) in [5, 5.41) is 8.70. The van der Waals surface area contributed by atoms with Crippen molar-refractivity contribution in [2.75, 3.05) is 5.73 Å². The van der Waals surface area contributed by atoms with Crippen molar-refractivity contribution in [2.45, 2.75) is 13.5 Å². The fraction of sp³-hybridized carbons (Fsp3) is 0.125. The first kappa shape index (κ1) is 13.6. The first-order chi connectivity index (χ1) is 9.60. The Balaban J connectivity index is 2.01. The van der Waals surface area contributed by atoms with Gasteiger partial charge >= 0.3 is 5.97 Å². The topological polar surface area (TPSA) is 76.1 Å². The number of benzene rings is 2. The number of nitrogen functional groups attached to an aromatic ring is 1. The quantitative estimate of drug-likeness (QED) is 0.684. The van der Waals surface area contributed by atoms with Gasteiger partial charge in [-0.1, -0.05) is 18.2 Å². The molecule has 0 bridgehead atoms. The lowest BCUT2D eigenvalue weighted by atomic mass is 10.1. The molecule has 0 aliphatic heterocycles. The van der Waals surface area contributed by atoms with E-state index in [9.17, 15) is 4.79 Å². The van der Waals surface area contributed by atoms with Crippen LogP contribution in [0.15, 0.2) is 42.5 Å². The molecular formula is C16H14N2O2. The van der Waals surface area contributed by atoms with Crippen LogP contribution in [0.1, 0.15) is 27.0 Å². The molecule has 0 amide bonds. The predicted octanol–water partition coefficient (Wildman–Crippen LogP) is 2.81. The second kappa shape index (κ2) is 5.89. The van der Waals surface area contributed by atoms with Crippen molar-refractivity contribution in [3.8, 4) is 6.07 Å². The highest BCUT2D eigenvalue weighted by atomic mass is 16.5. The van der Waals surface area contributed by atoms with Gasteiger partial charge in [-0.2, -0.15) is 5.26 Å². The molecule has 2 aromatic carbocycles. The zero-order valence-corrected chi connectivity index (χ0v) is 11.1. The maximum atomic E-state index is 11.9. The molecule has 0 heterocycles. The number of hydrogen-bond acceptors (Lipinski definition) is 4. The average molecular weight is 266 g/mol. The first-order valence-electron chi connectivity index (χ1n) is 6.12. The van der Waals surface area contributed by atoms with Crippen LogP contribution in [0.2, 0.25) is 0 Å². The van der Waals surface area contributed by atoms with Crippen LogP contribution < -0.4 is 5.73 Å². The molecule has 0 aromatic heterocycles. The Bertz CT molecular complexity index is 670. The monoisotopic (exact) mass is 266 g/mol. The van der Waals surface area contributed by atoms with E-state index in [2.05, 4.69) is 0 Å². The summed E-state index contributed by atoms with van der Waals surface area (Å²) in [6.45, 7) is 2.04. The molecule has 0 atom stereocenters. The number of nitrogens with zero attached hydrogens (tertiary/aromatic N) is 1. The molecule has 0 fully saturated rings. The Morgan fingerprint density at radius 3 is 2.55 bits per heavy atom. The van der Waals surface area contributed by atoms with Crippen molar-refractivity contribution in [1.82, 2.24) is 0 Å². The van der Waals surface area contributed by atoms with Crippen LogP contribution in [0.5, 0.6) is 0 Å². The molecule has 0 saturated heterocycles. The number of carbonyl (C=O) groups excluding carboxylic acids is 1. The van der Waals surface area contributed by atoms with Gasteiger partial charge in [0.25, 0.3) is 0 Å². The van der Waals surface area contributed by atoms with E-state index in [0.29, 0.717) is 16.8 Å². The van der Waals surface area contributed by atoms with Crippen LogP contribution in [-0.2, 0) is 11.3 Å². The van der Waals surface area contributed by atoms with Crippen molar-refractivity contribution in [3.63, 3.8) is 0 Å². The third-order valence-electron chi connectivity index (χ3n) is 2.97. The van der Waals surface area contributed by atoms with Crippen LogP contribution in [0.4, 0.5) is 5.69 Å². The Kier molecular flexibility index (Phi) is 4.02. The number of esters is 1. The summed E-state index contributed by atoms with van der Waals surface area (Å²) >= 11 is 0. The van der Waals surface area contributed by atoms with E-state index < -0.39 is 5.97 Å². The molecule has 2 aromatic rings. The Morgan fingerprint density at radius 2 is 1.95 bits per heavy atom. The Morgan fingerprint density at radius 1 is 1.25 bits per heavy atom. The maximum Gasteiger partial charge on any atom is 0.338 e. The van der Waals surface area contributed by atoms with Crippen LogP contribution >= 0.6 is 0 Å². The summed E-state index contributed by atoms with van der Waals surface area (Å²) in [4.78, 5) is 11.9. The summed E-state index contributed by atoms with van der Waals surface area (Å²) in [6, 6.07) is 14.0. The molecule has 20 heavy (non-hydrogen) atoms. The Hall–Kier alpha value is -2.80. The molecule has 4 heteroatoms. The van der Waals surface area contributed by atoms with Gasteiger partial charge in [-0.25, -0.2) is 4.79 Å². The van der Waals surface area contributed by atoms with Crippen molar-refractivity contribution >= 4 is 11.7 Å². The van der Waals surface area contributed by atoms with E-state index in [1.807, 2.05) is 13.0 Å². The first-order valence-corrected chi connectivity index (χ1v) is 6.12. The van der Waals surface area contributed by atoms with Crippen LogP contribution in [0.25, 0.3) is 0 Å². The Labute approximate surface area is 117 Å². The highest BCUT2D eigenvalue weighted by Crippen LogP contribution is 2.14. The number of aryl methyl sites for hydroxylation is 1. The minimum absolute atomic E-state index is 0.165. The van der Waals surface area contributed by atoms with Gasteiger partial charge in [-0.05, 0) is 42.3 Å². The minimum Gasteiger partial charge on any atom is -0.457 e. The van der Waals surface area contributed by atoms with E-state index >= 15 is 0 Å². The average Bonchev–Trinajstić information content (AvgIpc) is 2.48. The standard InChI is InChI=1S/C16H14N2O2/c1-11-2-7-14(8-15(11)18)16(19)20-10-13-5-3-12(9-17)4-6-13/h2-8H,10,18H2,1H3. The van der Waals surface area contributed by atoms with Gasteiger partial charge in [0.05, 0.1) is 17.2 Å². The molecular weight excluding hydrogens is 252 g/mol. The lowest BCUT2D eigenvalue weighted by molar-refractivity contribution is 0.0473. The van der Waals surface area contributed by atoms with Crippen LogP contribution in [0, 0.1) is 18.3 Å². The highest BCUT2D eigenvalue weighted by molar-refractivity contribution is 5.90. The second-order valence-corrected chi connectivity index (χ2v) is 4.46. The van der Waals surface area contributed by atoms with E-state index in [4.69, 9.17) is 15.7 Å². The predicted molar refractivity (Wildman–Crippen MR) is 75.9 cm³/mol. The smallest absolute Gasteiger partial charge is 0.338 e. The summed E-state index contributed by atoms with van der Waals surface area (Å²) in [5.74, 6) is -0.416. The normalized spacial score (nSPS) is 9.80. The van der Waals surface area contributed by atoms with Crippen molar-refractivity contribution < 1.29 is 9.53 Å². The molecule has 2 rings (SSSR count). The highest BCUT2D eigenvalue weighted by Gasteiger charge is 2.08. The van der Waals surface area contributed by atoms with Gasteiger partial charge in [0.15, 0.2) is 0 Å². The zero-order chi connectivity index (χ0) is 14.5. The molecule has 2 N–H and O–H groups in total. The number of anilines is 1. The van der Waals surface area contributed by atoms with Crippen molar-refractivity contribution in [3.05, 3.63) is 64.7 Å². The zero-order valence-electron chi connectivity index (χ0n) is 11.1. The number of hydrogen-bond donors (Lipinski definition) is 1. The lowest BCUT2D eigenvalue weighted by Crippen LogP contribution is -2.06. The van der Waals surface area contributed by atoms with Gasteiger partial charge in [0.2, 0.25) is 0 Å². The summed E-state index contributed by atoms with van der Waals surface area (Å²) in [6.07, 6.45) is 0. The molecule has 0 aliphatic rings. The number of carbonyl (C=O) groups is 1. The number of rotatable bonds is 3. The SMILES string of the molecule is Cc1ccc(C(=O)OCc2ccc(C#N)cc2)cc1N. The minimum atomic E-state index is -0.416. The van der Waals surface area contributed by atoms with Gasteiger partial charge in [-0.3, -0.25) is 0 Å². The molecule has 0 radical (unpaired) electrons. The van der Waals surface area contributed by atoms with Gasteiger partial charge in [0, 0.05) is 5.69 Å². The molecule has 4 nitrogen and oxygen atoms in total. The largest absolute Gasteiger partial charge is 0.457 e. The van der Waals surface area contributed by atoms with Gasteiger partial charge in [0.1, 0.15) is 6.61 Å². The summed E-state index contributed by atoms with van der Waals surface area (Å²) in [5.41, 5.74) is 9.09. The fourth-order valence-electron chi connectivity index (χ4n) is 1.68. The van der Waals surface area contributed by atoms with Crippen molar-refractivity contribution in [1.29, 1.82) is 5.26 Å². The molecule has 100 valence electrons.